The van der Waals surface area contributed by atoms with E-state index in [2.05, 4.69) is 46.7 Å². The first kappa shape index (κ1) is 16.3. The first-order valence-electron chi connectivity index (χ1n) is 9.03. The second-order valence-corrected chi connectivity index (χ2v) is 6.93. The molecule has 1 saturated heterocycles. The monoisotopic (exact) mass is 315 g/mol. The summed E-state index contributed by atoms with van der Waals surface area (Å²) in [5, 5.41) is 6.55. The van der Waals surface area contributed by atoms with Crippen LogP contribution in [0.5, 0.6) is 0 Å². The highest BCUT2D eigenvalue weighted by Gasteiger charge is 2.57. The van der Waals surface area contributed by atoms with Crippen LogP contribution < -0.4 is 15.5 Å². The molecule has 1 atom stereocenters. The third kappa shape index (κ3) is 3.86. The van der Waals surface area contributed by atoms with Gasteiger partial charge in [0.15, 0.2) is 0 Å². The fourth-order valence-corrected chi connectivity index (χ4v) is 3.91. The summed E-state index contributed by atoms with van der Waals surface area (Å²) in [5.74, 6) is 0.565. The lowest BCUT2D eigenvalue weighted by Crippen LogP contribution is -2.35. The van der Waals surface area contributed by atoms with Gasteiger partial charge in [-0.25, -0.2) is 0 Å². The Morgan fingerprint density at radius 1 is 1.30 bits per heavy atom. The molecular weight excluding hydrogens is 286 g/mol. The van der Waals surface area contributed by atoms with E-state index < -0.39 is 0 Å². The van der Waals surface area contributed by atoms with Gasteiger partial charge in [0, 0.05) is 31.2 Å². The number of benzene rings is 1. The maximum absolute atomic E-state index is 12.3. The number of piperidine rings is 1. The number of amides is 1. The van der Waals surface area contributed by atoms with Gasteiger partial charge in [0.25, 0.3) is 0 Å². The second-order valence-electron chi connectivity index (χ2n) is 6.93. The van der Waals surface area contributed by atoms with Crippen LogP contribution in [-0.4, -0.2) is 38.6 Å². The lowest BCUT2D eigenvalue weighted by Gasteiger charge is -2.24. The van der Waals surface area contributed by atoms with Crippen molar-refractivity contribution in [3.63, 3.8) is 0 Å². The molecule has 4 nitrogen and oxygen atoms in total. The number of carbonyl (C=O) groups is 1. The minimum Gasteiger partial charge on any atom is -0.372 e. The van der Waals surface area contributed by atoms with Gasteiger partial charge in [-0.3, -0.25) is 4.79 Å². The number of hydrogen-bond donors (Lipinski definition) is 2. The molecule has 1 aliphatic heterocycles. The van der Waals surface area contributed by atoms with Crippen LogP contribution in [0.1, 0.15) is 32.6 Å². The average molecular weight is 315 g/mol. The summed E-state index contributed by atoms with van der Waals surface area (Å²) >= 11 is 0. The Kier molecular flexibility index (Phi) is 5.21. The zero-order chi connectivity index (χ0) is 16.1. The molecule has 1 spiro atoms. The van der Waals surface area contributed by atoms with Crippen LogP contribution >= 0.6 is 0 Å². The van der Waals surface area contributed by atoms with E-state index in [-0.39, 0.29) is 11.8 Å². The molecule has 2 aliphatic rings. The number of para-hydroxylation sites is 1. The summed E-state index contributed by atoms with van der Waals surface area (Å²) in [5.41, 5.74) is 1.60. The smallest absolute Gasteiger partial charge is 0.223 e. The maximum atomic E-state index is 12.3. The number of nitrogens with one attached hydrogen (secondary N) is 2. The van der Waals surface area contributed by atoms with E-state index >= 15 is 0 Å². The molecular formula is C19H29N3O. The van der Waals surface area contributed by atoms with Gasteiger partial charge < -0.3 is 15.5 Å². The zero-order valence-corrected chi connectivity index (χ0v) is 14.2. The molecule has 0 radical (unpaired) electrons. The predicted molar refractivity (Wildman–Crippen MR) is 94.6 cm³/mol. The van der Waals surface area contributed by atoms with E-state index in [1.54, 1.807) is 0 Å². The normalized spacial score (nSPS) is 21.9. The van der Waals surface area contributed by atoms with Crippen molar-refractivity contribution < 1.29 is 4.79 Å². The summed E-state index contributed by atoms with van der Waals surface area (Å²) in [6.07, 6.45) is 4.44. The molecule has 2 N–H and O–H groups in total. The van der Waals surface area contributed by atoms with Crippen molar-refractivity contribution in [2.24, 2.45) is 11.3 Å². The minimum atomic E-state index is 0.279. The van der Waals surface area contributed by atoms with Crippen molar-refractivity contribution in [2.45, 2.75) is 32.6 Å². The van der Waals surface area contributed by atoms with E-state index in [0.717, 1.165) is 45.6 Å². The van der Waals surface area contributed by atoms with Crippen molar-refractivity contribution in [2.75, 3.05) is 37.6 Å². The van der Waals surface area contributed by atoms with E-state index in [4.69, 9.17) is 0 Å². The first-order chi connectivity index (χ1) is 11.2. The van der Waals surface area contributed by atoms with Crippen LogP contribution in [0.15, 0.2) is 30.3 Å². The van der Waals surface area contributed by atoms with E-state index in [1.165, 1.54) is 18.5 Å². The minimum absolute atomic E-state index is 0.279. The van der Waals surface area contributed by atoms with Crippen LogP contribution in [0.3, 0.4) is 0 Å². The van der Waals surface area contributed by atoms with E-state index in [9.17, 15) is 4.79 Å². The van der Waals surface area contributed by atoms with Crippen LogP contribution in [0, 0.1) is 11.3 Å². The van der Waals surface area contributed by atoms with Gasteiger partial charge in [0.05, 0.1) is 0 Å². The topological polar surface area (TPSA) is 44.4 Å². The molecule has 1 heterocycles. The van der Waals surface area contributed by atoms with Crippen molar-refractivity contribution in [1.82, 2.24) is 10.6 Å². The molecule has 23 heavy (non-hydrogen) atoms. The number of nitrogens with zero attached hydrogens (tertiary/aromatic N) is 1. The number of hydrogen-bond acceptors (Lipinski definition) is 3. The molecule has 3 rings (SSSR count). The lowest BCUT2D eigenvalue weighted by atomic mass is 9.92. The number of anilines is 1. The number of rotatable bonds is 7. The number of carbonyl (C=O) groups excluding carboxylic acids is 1. The van der Waals surface area contributed by atoms with E-state index in [0.29, 0.717) is 5.41 Å². The van der Waals surface area contributed by atoms with Gasteiger partial charge in [-0.2, -0.15) is 0 Å². The summed E-state index contributed by atoms with van der Waals surface area (Å²) in [4.78, 5) is 14.7. The first-order valence-corrected chi connectivity index (χ1v) is 9.03. The molecule has 0 aromatic heterocycles. The largest absolute Gasteiger partial charge is 0.372 e. The molecule has 4 heteroatoms. The summed E-state index contributed by atoms with van der Waals surface area (Å²) < 4.78 is 0. The fraction of sp³-hybridized carbons (Fsp3) is 0.632. The Balaban J connectivity index is 1.37. The Morgan fingerprint density at radius 2 is 2.04 bits per heavy atom. The molecule has 1 unspecified atom stereocenters. The van der Waals surface area contributed by atoms with Crippen LogP contribution in [0.25, 0.3) is 0 Å². The Hall–Kier alpha value is -1.55. The fourth-order valence-electron chi connectivity index (χ4n) is 3.91. The summed E-state index contributed by atoms with van der Waals surface area (Å²) in [6, 6.07) is 10.5. The summed E-state index contributed by atoms with van der Waals surface area (Å²) in [7, 11) is 0. The van der Waals surface area contributed by atoms with Crippen LogP contribution in [0.2, 0.25) is 0 Å². The second kappa shape index (κ2) is 7.35. The van der Waals surface area contributed by atoms with Crippen LogP contribution in [-0.2, 0) is 4.79 Å². The maximum Gasteiger partial charge on any atom is 0.223 e. The quantitative estimate of drug-likeness (QED) is 0.760. The molecule has 1 aromatic rings. The van der Waals surface area contributed by atoms with Crippen LogP contribution in [0.4, 0.5) is 5.69 Å². The molecule has 1 aromatic carbocycles. The molecule has 1 saturated carbocycles. The third-order valence-corrected chi connectivity index (χ3v) is 5.51. The van der Waals surface area contributed by atoms with Gasteiger partial charge in [0.2, 0.25) is 5.91 Å². The van der Waals surface area contributed by atoms with Crippen molar-refractivity contribution in [3.8, 4) is 0 Å². The summed E-state index contributed by atoms with van der Waals surface area (Å²) in [6.45, 7) is 7.10. The highest BCUT2D eigenvalue weighted by Crippen LogP contribution is 2.58. The van der Waals surface area contributed by atoms with E-state index in [1.807, 2.05) is 6.07 Å². The molecule has 1 aliphatic carbocycles. The Morgan fingerprint density at radius 3 is 2.74 bits per heavy atom. The Bertz CT molecular complexity index is 511. The highest BCUT2D eigenvalue weighted by atomic mass is 16.2. The van der Waals surface area contributed by atoms with Gasteiger partial charge in [-0.05, 0) is 63.2 Å². The highest BCUT2D eigenvalue weighted by molar-refractivity contribution is 5.82. The van der Waals surface area contributed by atoms with Crippen molar-refractivity contribution in [1.29, 1.82) is 0 Å². The third-order valence-electron chi connectivity index (χ3n) is 5.51. The lowest BCUT2D eigenvalue weighted by molar-refractivity contribution is -0.123. The predicted octanol–water partition coefficient (Wildman–Crippen LogP) is 2.41. The zero-order valence-electron chi connectivity index (χ0n) is 14.2. The Labute approximate surface area is 139 Å². The average Bonchev–Trinajstić information content (AvgIpc) is 3.29. The van der Waals surface area contributed by atoms with Gasteiger partial charge >= 0.3 is 0 Å². The molecule has 2 fully saturated rings. The van der Waals surface area contributed by atoms with Gasteiger partial charge in [0.1, 0.15) is 0 Å². The van der Waals surface area contributed by atoms with Gasteiger partial charge in [-0.15, -0.1) is 0 Å². The van der Waals surface area contributed by atoms with Gasteiger partial charge in [-0.1, -0.05) is 18.2 Å². The molecule has 1 amide bonds. The molecule has 126 valence electrons. The SMILES string of the molecule is CCN(CCCNC(=O)C1CC12CCNCC2)c1ccccc1. The molecule has 0 bridgehead atoms. The van der Waals surface area contributed by atoms with Crippen molar-refractivity contribution >= 4 is 11.6 Å². The van der Waals surface area contributed by atoms with Crippen molar-refractivity contribution in [3.05, 3.63) is 30.3 Å². The standard InChI is InChI=1S/C19H29N3O/c1-2-22(16-7-4-3-5-8-16)14-6-11-21-18(23)17-15-19(17)9-12-20-13-10-19/h3-5,7-8,17,20H,2,6,9-15H2,1H3,(H,21,23).